The minimum absolute atomic E-state index is 0.0725. The summed E-state index contributed by atoms with van der Waals surface area (Å²) >= 11 is 0. The van der Waals surface area contributed by atoms with E-state index in [1.54, 1.807) is 34.5 Å². The maximum absolute atomic E-state index is 6.46. The molecule has 0 amide bonds. The van der Waals surface area contributed by atoms with E-state index in [4.69, 9.17) is 32.8 Å². The summed E-state index contributed by atoms with van der Waals surface area (Å²) in [6.07, 6.45) is 2.29. The fourth-order valence-electron chi connectivity index (χ4n) is 3.45. The van der Waals surface area contributed by atoms with Gasteiger partial charge in [0.05, 0.1) is 19.9 Å². The Labute approximate surface area is 222 Å². The van der Waals surface area contributed by atoms with Crippen molar-refractivity contribution in [1.29, 1.82) is 0 Å². The summed E-state index contributed by atoms with van der Waals surface area (Å²) in [5.74, 6) is 3.22. The molecule has 2 aromatic rings. The third-order valence-electron chi connectivity index (χ3n) is 6.41. The Hall–Kier alpha value is -2.88. The van der Waals surface area contributed by atoms with Gasteiger partial charge in [0.15, 0.2) is 30.8 Å². The van der Waals surface area contributed by atoms with Crippen LogP contribution < -0.4 is 28.7 Å². The summed E-state index contributed by atoms with van der Waals surface area (Å²) < 4.78 is 39.9. The van der Waals surface area contributed by atoms with Crippen LogP contribution in [0, 0.1) is 0 Å². The second-order valence-corrected chi connectivity index (χ2v) is 14.8. The summed E-state index contributed by atoms with van der Waals surface area (Å²) in [4.78, 5) is 0. The highest BCUT2D eigenvalue weighted by atomic mass is 28.4. The topological polar surface area (TPSA) is 76.6 Å². The lowest BCUT2D eigenvalue weighted by molar-refractivity contribution is 0.0465. The molecule has 206 valence electrons. The van der Waals surface area contributed by atoms with Gasteiger partial charge in [0.25, 0.3) is 0 Å². The quantitative estimate of drug-likeness (QED) is 0.160. The van der Waals surface area contributed by atoms with Gasteiger partial charge in [-0.05, 0) is 36.7 Å². The van der Waals surface area contributed by atoms with E-state index in [0.29, 0.717) is 35.9 Å². The molecule has 0 spiro atoms. The molecule has 0 fully saturated rings. The summed E-state index contributed by atoms with van der Waals surface area (Å²) in [5.41, 5.74) is 2.46. The van der Waals surface area contributed by atoms with Crippen LogP contribution in [0.3, 0.4) is 0 Å². The highest BCUT2D eigenvalue weighted by molar-refractivity contribution is 6.74. The predicted octanol–water partition coefficient (Wildman–Crippen LogP) is 6.39. The summed E-state index contributed by atoms with van der Waals surface area (Å²) in [6.45, 7) is 15.6. The monoisotopic (exact) mass is 533 g/mol. The number of ether oxygens (including phenoxy) is 6. The first-order valence-electron chi connectivity index (χ1n) is 12.2. The molecular weight excluding hydrogens is 490 g/mol. The smallest absolute Gasteiger partial charge is 0.250 e. The Morgan fingerprint density at radius 1 is 0.892 bits per heavy atom. The molecule has 1 N–H and O–H groups in total. The number of allylic oxidation sites excluding steroid dienone is 1. The van der Waals surface area contributed by atoms with Crippen molar-refractivity contribution in [2.75, 3.05) is 47.3 Å². The lowest BCUT2D eigenvalue weighted by Crippen LogP contribution is -2.43. The zero-order chi connectivity index (χ0) is 27.6. The molecule has 2 rings (SSSR count). The van der Waals surface area contributed by atoms with Crippen molar-refractivity contribution in [2.24, 2.45) is 0 Å². The van der Waals surface area contributed by atoms with Crippen LogP contribution in [0.5, 0.6) is 28.7 Å². The van der Waals surface area contributed by atoms with Crippen molar-refractivity contribution in [3.63, 3.8) is 0 Å². The summed E-state index contributed by atoms with van der Waals surface area (Å²) in [5, 5.41) is 3.57. The fourth-order valence-corrected chi connectivity index (χ4v) is 4.47. The van der Waals surface area contributed by atoms with Crippen LogP contribution in [0.2, 0.25) is 18.1 Å². The van der Waals surface area contributed by atoms with Crippen molar-refractivity contribution < 1.29 is 32.8 Å². The molecule has 37 heavy (non-hydrogen) atoms. The molecule has 2 aromatic carbocycles. The average molecular weight is 534 g/mol. The molecule has 0 aliphatic heterocycles. The number of hydrogen-bond acceptors (Lipinski definition) is 8. The molecule has 0 unspecified atom stereocenters. The number of hydrogen-bond donors (Lipinski definition) is 1. The highest BCUT2D eigenvalue weighted by Crippen LogP contribution is 2.44. The van der Waals surface area contributed by atoms with Crippen LogP contribution in [0.25, 0.3) is 0 Å². The first-order valence-corrected chi connectivity index (χ1v) is 15.1. The van der Waals surface area contributed by atoms with Crippen LogP contribution in [0.4, 0.5) is 5.69 Å². The van der Waals surface area contributed by atoms with E-state index in [1.807, 2.05) is 24.3 Å². The highest BCUT2D eigenvalue weighted by Gasteiger charge is 2.39. The molecule has 0 saturated carbocycles. The zero-order valence-electron chi connectivity index (χ0n) is 23.8. The van der Waals surface area contributed by atoms with E-state index in [0.717, 1.165) is 22.6 Å². The van der Waals surface area contributed by atoms with E-state index < -0.39 is 8.32 Å². The van der Waals surface area contributed by atoms with E-state index >= 15 is 0 Å². The first kappa shape index (κ1) is 30.3. The zero-order valence-corrected chi connectivity index (χ0v) is 24.8. The van der Waals surface area contributed by atoms with Gasteiger partial charge in [0.1, 0.15) is 11.5 Å². The lowest BCUT2D eigenvalue weighted by Gasteiger charge is -2.36. The maximum Gasteiger partial charge on any atom is 0.250 e. The Balaban J connectivity index is 2.43. The van der Waals surface area contributed by atoms with Crippen molar-refractivity contribution in [1.82, 2.24) is 0 Å². The third kappa shape index (κ3) is 7.80. The van der Waals surface area contributed by atoms with Gasteiger partial charge in [0, 0.05) is 44.0 Å². The molecule has 9 heteroatoms. The lowest BCUT2D eigenvalue weighted by atomic mass is 10.1. The van der Waals surface area contributed by atoms with Gasteiger partial charge >= 0.3 is 0 Å². The maximum atomic E-state index is 6.46. The molecule has 0 radical (unpaired) electrons. The van der Waals surface area contributed by atoms with Gasteiger partial charge in [-0.1, -0.05) is 26.8 Å². The van der Waals surface area contributed by atoms with Gasteiger partial charge in [-0.2, -0.15) is 0 Å². The van der Waals surface area contributed by atoms with E-state index in [9.17, 15) is 0 Å². The minimum atomic E-state index is -1.97. The second-order valence-electron chi connectivity index (χ2n) is 10.0. The average Bonchev–Trinajstić information content (AvgIpc) is 2.85. The van der Waals surface area contributed by atoms with Crippen LogP contribution >= 0.6 is 0 Å². The van der Waals surface area contributed by atoms with Crippen molar-refractivity contribution in [2.45, 2.75) is 51.9 Å². The number of benzene rings is 2. The molecule has 0 aromatic heterocycles. The fraction of sp³-hybridized carbons (Fsp3) is 0.500. The van der Waals surface area contributed by atoms with Gasteiger partial charge in [0.2, 0.25) is 8.32 Å². The summed E-state index contributed by atoms with van der Waals surface area (Å²) in [7, 11) is 4.42. The normalized spacial score (nSPS) is 11.6. The minimum Gasteiger partial charge on any atom is -0.543 e. The molecule has 8 nitrogen and oxygen atoms in total. The number of anilines is 1. The predicted molar refractivity (Wildman–Crippen MR) is 150 cm³/mol. The summed E-state index contributed by atoms with van der Waals surface area (Å²) in [6, 6.07) is 7.79. The molecule has 0 saturated heterocycles. The SMILES string of the molecule is C=CCc1c(OCOC)c(NCc2ccc(O[Si](C)(C)C(C)(C)C)cc2OC)cc(OCOC)c1OC. The molecular formula is C28H43NO7Si. The van der Waals surface area contributed by atoms with E-state index in [-0.39, 0.29) is 18.6 Å². The van der Waals surface area contributed by atoms with Crippen LogP contribution in [-0.4, -0.2) is 50.3 Å². The van der Waals surface area contributed by atoms with Gasteiger partial charge in [-0.15, -0.1) is 6.58 Å². The molecule has 0 aliphatic carbocycles. The van der Waals surface area contributed by atoms with E-state index in [2.05, 4.69) is 45.8 Å². The van der Waals surface area contributed by atoms with Crippen LogP contribution in [-0.2, 0) is 22.4 Å². The number of methoxy groups -OCH3 is 4. The van der Waals surface area contributed by atoms with E-state index in [1.165, 1.54) is 0 Å². The van der Waals surface area contributed by atoms with Crippen molar-refractivity contribution in [3.05, 3.63) is 48.0 Å². The second kappa shape index (κ2) is 13.6. The van der Waals surface area contributed by atoms with Crippen LogP contribution in [0.15, 0.2) is 36.9 Å². The number of rotatable bonds is 15. The Kier molecular flexibility index (Phi) is 11.2. The van der Waals surface area contributed by atoms with Gasteiger partial charge in [-0.3, -0.25) is 0 Å². The van der Waals surface area contributed by atoms with Gasteiger partial charge in [-0.25, -0.2) is 0 Å². The van der Waals surface area contributed by atoms with Crippen molar-refractivity contribution in [3.8, 4) is 28.7 Å². The first-order chi connectivity index (χ1) is 17.5. The molecule has 0 atom stereocenters. The number of nitrogens with one attached hydrogen (secondary N) is 1. The molecule has 0 bridgehead atoms. The Morgan fingerprint density at radius 3 is 2.14 bits per heavy atom. The largest absolute Gasteiger partial charge is 0.543 e. The Morgan fingerprint density at radius 2 is 1.57 bits per heavy atom. The molecule has 0 aliphatic rings. The standard InChI is InChI=1S/C28H43NO7Si/c1-11-12-22-26(35-19-31-6)23(16-25(27(22)33-8)34-18-30-5)29-17-20-13-14-21(15-24(20)32-7)36-37(9,10)28(2,3)4/h11,13-16,29H,1,12,17-19H2,2-10H3. The van der Waals surface area contributed by atoms with Crippen molar-refractivity contribution >= 4 is 14.0 Å². The molecule has 0 heterocycles. The van der Waals surface area contributed by atoms with Gasteiger partial charge < -0.3 is 38.2 Å². The Bertz CT molecular complexity index is 1030. The van der Waals surface area contributed by atoms with Crippen LogP contribution in [0.1, 0.15) is 31.9 Å². The third-order valence-corrected chi connectivity index (χ3v) is 10.8.